The lowest BCUT2D eigenvalue weighted by atomic mass is 10.0. The molecule has 0 bridgehead atoms. The van der Waals surface area contributed by atoms with Crippen LogP contribution in [-0.4, -0.2) is 9.55 Å². The van der Waals surface area contributed by atoms with Crippen molar-refractivity contribution in [2.75, 3.05) is 0 Å². The summed E-state index contributed by atoms with van der Waals surface area (Å²) in [7, 11) is 0. The Hall–Kier alpha value is -0.870. The summed E-state index contributed by atoms with van der Waals surface area (Å²) in [6, 6.07) is 0.136. The van der Waals surface area contributed by atoms with Crippen LogP contribution < -0.4 is 11.3 Å². The second-order valence-electron chi connectivity index (χ2n) is 3.87. The molecule has 0 aliphatic carbocycles. The Morgan fingerprint density at radius 2 is 2.29 bits per heavy atom. The van der Waals surface area contributed by atoms with Crippen LogP contribution in [0.15, 0.2) is 12.4 Å². The first kappa shape index (κ1) is 11.2. The summed E-state index contributed by atoms with van der Waals surface area (Å²) in [6.07, 6.45) is 4.95. The summed E-state index contributed by atoms with van der Waals surface area (Å²) in [4.78, 5) is 4.35. The maximum atomic E-state index is 5.53. The average Bonchev–Trinajstić information content (AvgIpc) is 2.55. The van der Waals surface area contributed by atoms with E-state index in [2.05, 4.69) is 35.7 Å². The highest BCUT2D eigenvalue weighted by atomic mass is 15.3. The van der Waals surface area contributed by atoms with Crippen molar-refractivity contribution in [2.45, 2.75) is 39.8 Å². The Bertz CT molecular complexity index is 267. The lowest BCUT2D eigenvalue weighted by Crippen LogP contribution is -2.33. The summed E-state index contributed by atoms with van der Waals surface area (Å²) in [5.74, 6) is 7.00. The number of imidazole rings is 1. The van der Waals surface area contributed by atoms with Crippen molar-refractivity contribution < 1.29 is 0 Å². The first-order valence-corrected chi connectivity index (χ1v) is 5.17. The van der Waals surface area contributed by atoms with Crippen LogP contribution in [0.4, 0.5) is 0 Å². The molecule has 0 aliphatic heterocycles. The molecule has 1 aromatic rings. The standard InChI is InChI=1S/C10H20N4/c1-4-6-14-7-5-12-10(14)9(13-11)8(2)3/h5,7-9,13H,4,6,11H2,1-3H3. The second-order valence-corrected chi connectivity index (χ2v) is 3.87. The van der Waals surface area contributed by atoms with Gasteiger partial charge in [0.25, 0.3) is 0 Å². The van der Waals surface area contributed by atoms with E-state index in [9.17, 15) is 0 Å². The SMILES string of the molecule is CCCn1ccnc1C(NN)C(C)C. The fourth-order valence-corrected chi connectivity index (χ4v) is 1.59. The summed E-state index contributed by atoms with van der Waals surface area (Å²) >= 11 is 0. The van der Waals surface area contributed by atoms with E-state index in [1.165, 1.54) is 0 Å². The Morgan fingerprint density at radius 3 is 2.79 bits per heavy atom. The van der Waals surface area contributed by atoms with Crippen LogP contribution in [0.5, 0.6) is 0 Å². The molecule has 0 aliphatic rings. The number of aryl methyl sites for hydroxylation is 1. The van der Waals surface area contributed by atoms with Gasteiger partial charge >= 0.3 is 0 Å². The molecule has 1 unspecified atom stereocenters. The molecule has 80 valence electrons. The number of rotatable bonds is 5. The minimum Gasteiger partial charge on any atom is -0.334 e. The molecular formula is C10H20N4. The van der Waals surface area contributed by atoms with E-state index in [1.54, 1.807) is 0 Å². The van der Waals surface area contributed by atoms with Gasteiger partial charge in [0.2, 0.25) is 0 Å². The fraction of sp³-hybridized carbons (Fsp3) is 0.700. The molecular weight excluding hydrogens is 176 g/mol. The molecule has 0 aromatic carbocycles. The van der Waals surface area contributed by atoms with E-state index in [0.717, 1.165) is 18.8 Å². The zero-order valence-corrected chi connectivity index (χ0v) is 9.20. The third-order valence-electron chi connectivity index (χ3n) is 2.34. The summed E-state index contributed by atoms with van der Waals surface area (Å²) < 4.78 is 2.16. The quantitative estimate of drug-likeness (QED) is 0.553. The van der Waals surface area contributed by atoms with Gasteiger partial charge in [-0.1, -0.05) is 20.8 Å². The smallest absolute Gasteiger partial charge is 0.127 e. The minimum absolute atomic E-state index is 0.136. The predicted molar refractivity (Wildman–Crippen MR) is 57.4 cm³/mol. The molecule has 1 atom stereocenters. The first-order valence-electron chi connectivity index (χ1n) is 5.17. The summed E-state index contributed by atoms with van der Waals surface area (Å²) in [6.45, 7) is 7.43. The number of aromatic nitrogens is 2. The number of hydrogen-bond donors (Lipinski definition) is 2. The summed E-state index contributed by atoms with van der Waals surface area (Å²) in [5, 5.41) is 0. The number of nitrogens with zero attached hydrogens (tertiary/aromatic N) is 2. The molecule has 14 heavy (non-hydrogen) atoms. The van der Waals surface area contributed by atoms with Crippen LogP contribution in [-0.2, 0) is 6.54 Å². The number of nitrogens with one attached hydrogen (secondary N) is 1. The van der Waals surface area contributed by atoms with Crippen LogP contribution in [0.1, 0.15) is 39.1 Å². The van der Waals surface area contributed by atoms with Gasteiger partial charge < -0.3 is 4.57 Å². The van der Waals surface area contributed by atoms with Crippen molar-refractivity contribution in [3.63, 3.8) is 0 Å². The molecule has 4 heteroatoms. The van der Waals surface area contributed by atoms with Gasteiger partial charge in [-0.15, -0.1) is 0 Å². The molecule has 0 radical (unpaired) electrons. The second kappa shape index (κ2) is 5.12. The van der Waals surface area contributed by atoms with E-state index in [-0.39, 0.29) is 6.04 Å². The van der Waals surface area contributed by atoms with E-state index in [0.29, 0.717) is 5.92 Å². The van der Waals surface area contributed by atoms with Crippen LogP contribution in [0.2, 0.25) is 0 Å². The van der Waals surface area contributed by atoms with Crippen LogP contribution >= 0.6 is 0 Å². The van der Waals surface area contributed by atoms with E-state index in [1.807, 2.05) is 12.4 Å². The molecule has 3 N–H and O–H groups in total. The van der Waals surface area contributed by atoms with Crippen LogP contribution in [0.25, 0.3) is 0 Å². The molecule has 0 fully saturated rings. The Morgan fingerprint density at radius 1 is 1.57 bits per heavy atom. The lowest BCUT2D eigenvalue weighted by Gasteiger charge is -2.20. The van der Waals surface area contributed by atoms with Gasteiger partial charge in [0.15, 0.2) is 0 Å². The largest absolute Gasteiger partial charge is 0.334 e. The monoisotopic (exact) mass is 196 g/mol. The van der Waals surface area contributed by atoms with Crippen molar-refractivity contribution in [3.8, 4) is 0 Å². The summed E-state index contributed by atoms with van der Waals surface area (Å²) in [5.41, 5.74) is 2.82. The van der Waals surface area contributed by atoms with Gasteiger partial charge in [-0.3, -0.25) is 5.84 Å². The molecule has 1 rings (SSSR count). The Kier molecular flexibility index (Phi) is 4.10. The zero-order valence-electron chi connectivity index (χ0n) is 9.20. The van der Waals surface area contributed by atoms with Gasteiger partial charge in [0.05, 0.1) is 6.04 Å². The average molecular weight is 196 g/mol. The van der Waals surface area contributed by atoms with Gasteiger partial charge in [-0.05, 0) is 12.3 Å². The van der Waals surface area contributed by atoms with Crippen molar-refractivity contribution in [1.82, 2.24) is 15.0 Å². The fourth-order valence-electron chi connectivity index (χ4n) is 1.59. The Labute approximate surface area is 85.5 Å². The lowest BCUT2D eigenvalue weighted by molar-refractivity contribution is 0.386. The molecule has 0 amide bonds. The molecule has 0 spiro atoms. The Balaban J connectivity index is 2.86. The molecule has 0 saturated heterocycles. The van der Waals surface area contributed by atoms with E-state index >= 15 is 0 Å². The van der Waals surface area contributed by atoms with Gasteiger partial charge in [0.1, 0.15) is 5.82 Å². The van der Waals surface area contributed by atoms with E-state index in [4.69, 9.17) is 5.84 Å². The third-order valence-corrected chi connectivity index (χ3v) is 2.34. The molecule has 0 saturated carbocycles. The zero-order chi connectivity index (χ0) is 10.6. The van der Waals surface area contributed by atoms with Crippen molar-refractivity contribution in [1.29, 1.82) is 0 Å². The van der Waals surface area contributed by atoms with Gasteiger partial charge in [-0.2, -0.15) is 0 Å². The van der Waals surface area contributed by atoms with Crippen molar-refractivity contribution >= 4 is 0 Å². The van der Waals surface area contributed by atoms with Crippen molar-refractivity contribution in [2.24, 2.45) is 11.8 Å². The maximum absolute atomic E-state index is 5.53. The topological polar surface area (TPSA) is 55.9 Å². The highest BCUT2D eigenvalue weighted by Gasteiger charge is 2.18. The normalized spacial score (nSPS) is 13.5. The third kappa shape index (κ3) is 2.33. The first-order chi connectivity index (χ1) is 6.70. The number of nitrogens with two attached hydrogens (primary N) is 1. The number of hydrogen-bond acceptors (Lipinski definition) is 3. The van der Waals surface area contributed by atoms with Gasteiger partial charge in [-0.25, -0.2) is 10.4 Å². The molecule has 1 aromatic heterocycles. The molecule has 4 nitrogen and oxygen atoms in total. The van der Waals surface area contributed by atoms with Crippen molar-refractivity contribution in [3.05, 3.63) is 18.2 Å². The van der Waals surface area contributed by atoms with Crippen LogP contribution in [0, 0.1) is 5.92 Å². The van der Waals surface area contributed by atoms with E-state index < -0.39 is 0 Å². The highest BCUT2D eigenvalue weighted by molar-refractivity contribution is 5.00. The highest BCUT2D eigenvalue weighted by Crippen LogP contribution is 2.19. The maximum Gasteiger partial charge on any atom is 0.127 e. The molecule has 1 heterocycles. The van der Waals surface area contributed by atoms with Gasteiger partial charge in [0, 0.05) is 18.9 Å². The van der Waals surface area contributed by atoms with Crippen LogP contribution in [0.3, 0.4) is 0 Å². The predicted octanol–water partition coefficient (Wildman–Crippen LogP) is 1.45. The minimum atomic E-state index is 0.136. The number of hydrazine groups is 1.